The molecular weight excluding hydrogens is 438 g/mol. The van der Waals surface area contributed by atoms with E-state index in [1.165, 1.54) is 11.3 Å². The van der Waals surface area contributed by atoms with Gasteiger partial charge in [0.25, 0.3) is 0 Å². The van der Waals surface area contributed by atoms with Crippen molar-refractivity contribution >= 4 is 33.0 Å². The van der Waals surface area contributed by atoms with E-state index in [1.54, 1.807) is 41.8 Å². The van der Waals surface area contributed by atoms with E-state index in [0.29, 0.717) is 31.2 Å². The second-order valence-corrected chi connectivity index (χ2v) is 10.4. The standard InChI is InChI=1S/C21H27N3O5S2/c1-16-4-6-17(7-5-16)31(27,28)19(18-3-2-14-30-18)15-23-21(26)20(25)22-8-9-24-10-12-29-13-11-24/h2-7,14,19H,8-13,15H2,1H3,(H,22,25)(H,23,26)/t19-/m0/s1. The van der Waals surface area contributed by atoms with E-state index in [4.69, 9.17) is 4.74 Å². The predicted molar refractivity (Wildman–Crippen MR) is 119 cm³/mol. The van der Waals surface area contributed by atoms with Crippen molar-refractivity contribution in [2.75, 3.05) is 45.9 Å². The number of nitrogens with zero attached hydrogens (tertiary/aromatic N) is 1. The molecule has 0 aliphatic carbocycles. The largest absolute Gasteiger partial charge is 0.379 e. The average Bonchev–Trinajstić information content (AvgIpc) is 3.29. The van der Waals surface area contributed by atoms with E-state index < -0.39 is 26.9 Å². The van der Waals surface area contributed by atoms with Crippen LogP contribution in [-0.4, -0.2) is 71.1 Å². The Bertz CT molecular complexity index is 969. The Hall–Kier alpha value is -2.27. The second kappa shape index (κ2) is 10.9. The summed E-state index contributed by atoms with van der Waals surface area (Å²) in [5.74, 6) is -1.62. The molecule has 1 saturated heterocycles. The molecule has 168 valence electrons. The van der Waals surface area contributed by atoms with Gasteiger partial charge in [-0.3, -0.25) is 14.5 Å². The fraction of sp³-hybridized carbons (Fsp3) is 0.429. The molecule has 10 heteroatoms. The Kier molecular flexibility index (Phi) is 8.19. The average molecular weight is 466 g/mol. The number of rotatable bonds is 8. The van der Waals surface area contributed by atoms with Gasteiger partial charge >= 0.3 is 11.8 Å². The van der Waals surface area contributed by atoms with Crippen LogP contribution in [-0.2, 0) is 24.2 Å². The molecular formula is C21H27N3O5S2. The van der Waals surface area contributed by atoms with Crippen molar-refractivity contribution in [3.8, 4) is 0 Å². The molecule has 1 aliphatic rings. The summed E-state index contributed by atoms with van der Waals surface area (Å²) in [5.41, 5.74) is 0.952. The number of ether oxygens (including phenoxy) is 1. The number of thiophene rings is 1. The lowest BCUT2D eigenvalue weighted by Gasteiger charge is -2.26. The van der Waals surface area contributed by atoms with Crippen molar-refractivity contribution in [2.45, 2.75) is 17.1 Å². The summed E-state index contributed by atoms with van der Waals surface area (Å²) >= 11 is 1.30. The van der Waals surface area contributed by atoms with Gasteiger partial charge in [0.1, 0.15) is 5.25 Å². The molecule has 0 radical (unpaired) electrons. The molecule has 2 aromatic rings. The Morgan fingerprint density at radius 3 is 2.42 bits per heavy atom. The molecule has 0 spiro atoms. The molecule has 1 aliphatic heterocycles. The van der Waals surface area contributed by atoms with Crippen LogP contribution in [0.3, 0.4) is 0 Å². The fourth-order valence-corrected chi connectivity index (χ4v) is 6.01. The number of benzene rings is 1. The van der Waals surface area contributed by atoms with E-state index in [-0.39, 0.29) is 11.4 Å². The number of hydrogen-bond donors (Lipinski definition) is 2. The summed E-state index contributed by atoms with van der Waals surface area (Å²) < 4.78 is 31.7. The number of hydrogen-bond acceptors (Lipinski definition) is 7. The van der Waals surface area contributed by atoms with E-state index >= 15 is 0 Å². The van der Waals surface area contributed by atoms with E-state index in [1.807, 2.05) is 6.92 Å². The van der Waals surface area contributed by atoms with Crippen LogP contribution < -0.4 is 10.6 Å². The normalized spacial score (nSPS) is 15.9. The predicted octanol–water partition coefficient (Wildman–Crippen LogP) is 1.14. The highest BCUT2D eigenvalue weighted by molar-refractivity contribution is 7.91. The third-order valence-corrected chi connectivity index (χ3v) is 8.29. The molecule has 0 saturated carbocycles. The van der Waals surface area contributed by atoms with Crippen LogP contribution in [0.15, 0.2) is 46.7 Å². The number of nitrogens with one attached hydrogen (secondary N) is 2. The zero-order chi connectivity index (χ0) is 22.3. The second-order valence-electron chi connectivity index (χ2n) is 7.28. The number of carbonyl (C=O) groups excluding carboxylic acids is 2. The molecule has 1 atom stereocenters. The lowest BCUT2D eigenvalue weighted by Crippen LogP contribution is -2.46. The monoisotopic (exact) mass is 465 g/mol. The van der Waals surface area contributed by atoms with Crippen molar-refractivity contribution in [2.24, 2.45) is 0 Å². The first-order valence-electron chi connectivity index (χ1n) is 10.1. The van der Waals surface area contributed by atoms with Gasteiger partial charge in [-0.1, -0.05) is 23.8 Å². The SMILES string of the molecule is Cc1ccc(S(=O)(=O)[C@@H](CNC(=O)C(=O)NCCN2CCOCC2)c2cccs2)cc1. The van der Waals surface area contributed by atoms with Gasteiger partial charge in [-0.25, -0.2) is 8.42 Å². The van der Waals surface area contributed by atoms with Crippen LogP contribution in [0.2, 0.25) is 0 Å². The molecule has 0 bridgehead atoms. The summed E-state index contributed by atoms with van der Waals surface area (Å²) in [6.45, 7) is 5.56. The molecule has 3 rings (SSSR count). The molecule has 2 N–H and O–H groups in total. The van der Waals surface area contributed by atoms with Gasteiger partial charge in [-0.2, -0.15) is 0 Å². The van der Waals surface area contributed by atoms with Crippen molar-refractivity contribution in [3.63, 3.8) is 0 Å². The molecule has 0 unspecified atom stereocenters. The summed E-state index contributed by atoms with van der Waals surface area (Å²) in [4.78, 5) is 27.3. The van der Waals surface area contributed by atoms with Gasteiger partial charge in [-0.15, -0.1) is 11.3 Å². The first-order valence-corrected chi connectivity index (χ1v) is 12.5. The van der Waals surface area contributed by atoms with Crippen molar-refractivity contribution in [3.05, 3.63) is 52.2 Å². The minimum Gasteiger partial charge on any atom is -0.379 e. The number of sulfone groups is 1. The Morgan fingerprint density at radius 1 is 1.10 bits per heavy atom. The molecule has 1 fully saturated rings. The summed E-state index contributed by atoms with van der Waals surface area (Å²) in [7, 11) is -3.75. The summed E-state index contributed by atoms with van der Waals surface area (Å²) in [6.07, 6.45) is 0. The number of amides is 2. The highest BCUT2D eigenvalue weighted by atomic mass is 32.2. The Morgan fingerprint density at radius 2 is 1.77 bits per heavy atom. The highest BCUT2D eigenvalue weighted by Crippen LogP contribution is 2.31. The lowest BCUT2D eigenvalue weighted by atomic mass is 10.2. The number of aryl methyl sites for hydroxylation is 1. The molecule has 8 nitrogen and oxygen atoms in total. The fourth-order valence-electron chi connectivity index (χ4n) is 3.23. The summed E-state index contributed by atoms with van der Waals surface area (Å²) in [5, 5.41) is 5.89. The van der Waals surface area contributed by atoms with Crippen molar-refractivity contribution < 1.29 is 22.7 Å². The first-order chi connectivity index (χ1) is 14.9. The van der Waals surface area contributed by atoms with Crippen molar-refractivity contribution in [1.29, 1.82) is 0 Å². The Balaban J connectivity index is 1.59. The maximum absolute atomic E-state index is 13.2. The van der Waals surface area contributed by atoms with Gasteiger partial charge in [-0.05, 0) is 30.5 Å². The molecule has 31 heavy (non-hydrogen) atoms. The van der Waals surface area contributed by atoms with E-state index in [2.05, 4.69) is 15.5 Å². The van der Waals surface area contributed by atoms with E-state index in [0.717, 1.165) is 18.7 Å². The summed E-state index contributed by atoms with van der Waals surface area (Å²) in [6, 6.07) is 10.1. The minimum absolute atomic E-state index is 0.181. The van der Waals surface area contributed by atoms with Gasteiger partial charge in [0.15, 0.2) is 9.84 Å². The highest BCUT2D eigenvalue weighted by Gasteiger charge is 2.31. The lowest BCUT2D eigenvalue weighted by molar-refractivity contribution is -0.139. The first kappa shape index (κ1) is 23.4. The molecule has 2 amide bonds. The molecule has 1 aromatic heterocycles. The van der Waals surface area contributed by atoms with Gasteiger partial charge in [0.05, 0.1) is 18.1 Å². The van der Waals surface area contributed by atoms with Gasteiger partial charge in [0.2, 0.25) is 0 Å². The third-order valence-electron chi connectivity index (χ3n) is 5.06. The van der Waals surface area contributed by atoms with Crippen LogP contribution in [0, 0.1) is 6.92 Å². The van der Waals surface area contributed by atoms with Crippen molar-refractivity contribution in [1.82, 2.24) is 15.5 Å². The van der Waals surface area contributed by atoms with Crippen LogP contribution >= 0.6 is 11.3 Å². The van der Waals surface area contributed by atoms with Crippen LogP contribution in [0.5, 0.6) is 0 Å². The number of morpholine rings is 1. The molecule has 2 heterocycles. The Labute approximate surface area is 186 Å². The van der Waals surface area contributed by atoms with Crippen LogP contribution in [0.25, 0.3) is 0 Å². The minimum atomic E-state index is -3.75. The maximum atomic E-state index is 13.2. The quantitative estimate of drug-likeness (QED) is 0.567. The van der Waals surface area contributed by atoms with Crippen LogP contribution in [0.1, 0.15) is 15.7 Å². The van der Waals surface area contributed by atoms with Gasteiger partial charge in [0, 0.05) is 37.6 Å². The molecule has 1 aromatic carbocycles. The van der Waals surface area contributed by atoms with Gasteiger partial charge < -0.3 is 15.4 Å². The maximum Gasteiger partial charge on any atom is 0.309 e. The topological polar surface area (TPSA) is 105 Å². The smallest absolute Gasteiger partial charge is 0.309 e. The van der Waals surface area contributed by atoms with E-state index in [9.17, 15) is 18.0 Å². The number of carbonyl (C=O) groups is 2. The van der Waals surface area contributed by atoms with Crippen LogP contribution in [0.4, 0.5) is 0 Å². The zero-order valence-electron chi connectivity index (χ0n) is 17.4. The zero-order valence-corrected chi connectivity index (χ0v) is 19.0. The third kappa shape index (κ3) is 6.36.